The molecule has 1 aliphatic heterocycles. The van der Waals surface area contributed by atoms with Crippen molar-refractivity contribution in [1.82, 2.24) is 0 Å². The highest BCUT2D eigenvalue weighted by Gasteiger charge is 2.36. The summed E-state index contributed by atoms with van der Waals surface area (Å²) in [7, 11) is 0. The maximum atomic E-state index is 11.9. The molecule has 0 amide bonds. The van der Waals surface area contributed by atoms with Gasteiger partial charge in [-0.15, -0.1) is 0 Å². The van der Waals surface area contributed by atoms with Crippen LogP contribution >= 0.6 is 0 Å². The average Bonchev–Trinajstić information content (AvgIpc) is 2.31. The molecule has 4 heteroatoms. The first-order valence-electron chi connectivity index (χ1n) is 6.67. The first-order valence-corrected chi connectivity index (χ1v) is 6.67. The molecule has 1 unspecified atom stereocenters. The number of esters is 1. The number of allylic oxidation sites excluding steroid dienone is 1. The van der Waals surface area contributed by atoms with Crippen LogP contribution in [-0.2, 0) is 14.3 Å². The standard InChI is InChI=1S/C14H20O4/c1-9-4-2-3-5-10-11(8-14(17)18-9)13(16)7-6-12(10)15/h6-7,9-11,13,16H,2-5,8H2,1H3/t9?,10-,11-,13+/m1/s1. The van der Waals surface area contributed by atoms with Crippen molar-refractivity contribution in [3.63, 3.8) is 0 Å². The minimum Gasteiger partial charge on any atom is -0.463 e. The van der Waals surface area contributed by atoms with Crippen LogP contribution in [0.15, 0.2) is 12.2 Å². The van der Waals surface area contributed by atoms with Gasteiger partial charge in [0.25, 0.3) is 0 Å². The van der Waals surface area contributed by atoms with E-state index in [-0.39, 0.29) is 36.1 Å². The monoisotopic (exact) mass is 252 g/mol. The first-order chi connectivity index (χ1) is 8.58. The van der Waals surface area contributed by atoms with Crippen molar-refractivity contribution in [2.75, 3.05) is 0 Å². The molecule has 4 nitrogen and oxygen atoms in total. The zero-order valence-corrected chi connectivity index (χ0v) is 10.7. The third kappa shape index (κ3) is 2.99. The molecular formula is C14H20O4. The fourth-order valence-electron chi connectivity index (χ4n) is 2.85. The second-order valence-corrected chi connectivity index (χ2v) is 5.31. The molecule has 1 heterocycles. The van der Waals surface area contributed by atoms with Crippen molar-refractivity contribution in [2.45, 2.75) is 51.2 Å². The summed E-state index contributed by atoms with van der Waals surface area (Å²) in [5.41, 5.74) is 0. The number of fused-ring (bicyclic) bond motifs is 1. The Kier molecular flexibility index (Phi) is 4.17. The van der Waals surface area contributed by atoms with Gasteiger partial charge in [-0.25, -0.2) is 0 Å². The highest BCUT2D eigenvalue weighted by molar-refractivity contribution is 5.93. The molecule has 0 bridgehead atoms. The van der Waals surface area contributed by atoms with Crippen molar-refractivity contribution in [3.8, 4) is 0 Å². The largest absolute Gasteiger partial charge is 0.463 e. The number of ketones is 1. The van der Waals surface area contributed by atoms with Crippen LogP contribution in [0.2, 0.25) is 0 Å². The predicted octanol–water partition coefficient (Wildman–Crippen LogP) is 1.61. The van der Waals surface area contributed by atoms with Gasteiger partial charge in [-0.05, 0) is 32.3 Å². The molecule has 1 saturated heterocycles. The molecule has 18 heavy (non-hydrogen) atoms. The molecule has 1 N–H and O–H groups in total. The maximum absolute atomic E-state index is 11.9. The summed E-state index contributed by atoms with van der Waals surface area (Å²) >= 11 is 0. The lowest BCUT2D eigenvalue weighted by Gasteiger charge is -2.31. The van der Waals surface area contributed by atoms with Gasteiger partial charge in [0.1, 0.15) is 0 Å². The molecule has 1 fully saturated rings. The number of cyclic esters (lactones) is 1. The Morgan fingerprint density at radius 1 is 1.28 bits per heavy atom. The van der Waals surface area contributed by atoms with E-state index in [2.05, 4.69) is 0 Å². The number of aliphatic hydroxyl groups is 1. The quantitative estimate of drug-likeness (QED) is 0.665. The van der Waals surface area contributed by atoms with Gasteiger partial charge in [0.05, 0.1) is 18.6 Å². The van der Waals surface area contributed by atoms with Crippen LogP contribution in [0.25, 0.3) is 0 Å². The van der Waals surface area contributed by atoms with Gasteiger partial charge in [-0.1, -0.05) is 12.5 Å². The van der Waals surface area contributed by atoms with Crippen molar-refractivity contribution >= 4 is 11.8 Å². The summed E-state index contributed by atoms with van der Waals surface area (Å²) in [5, 5.41) is 9.94. The van der Waals surface area contributed by atoms with E-state index >= 15 is 0 Å². The Balaban J connectivity index is 2.15. The summed E-state index contributed by atoms with van der Waals surface area (Å²) in [6.45, 7) is 1.89. The Morgan fingerprint density at radius 3 is 2.78 bits per heavy atom. The SMILES string of the molecule is CC1CCCC[C@H]2C(=O)C=C[C@H](O)[C@@H]2CC(=O)O1. The van der Waals surface area contributed by atoms with E-state index in [4.69, 9.17) is 4.74 Å². The molecule has 0 aromatic carbocycles. The third-order valence-electron chi connectivity index (χ3n) is 3.89. The number of aliphatic hydroxyl groups excluding tert-OH is 1. The molecule has 0 radical (unpaired) electrons. The highest BCUT2D eigenvalue weighted by atomic mass is 16.5. The molecule has 0 spiro atoms. The third-order valence-corrected chi connectivity index (χ3v) is 3.89. The lowest BCUT2D eigenvalue weighted by Crippen LogP contribution is -2.37. The van der Waals surface area contributed by atoms with Gasteiger partial charge in [-0.3, -0.25) is 9.59 Å². The van der Waals surface area contributed by atoms with Crippen LogP contribution in [0.5, 0.6) is 0 Å². The minimum atomic E-state index is -0.713. The van der Waals surface area contributed by atoms with E-state index in [0.29, 0.717) is 0 Å². The highest BCUT2D eigenvalue weighted by Crippen LogP contribution is 2.32. The predicted molar refractivity (Wildman–Crippen MR) is 65.8 cm³/mol. The van der Waals surface area contributed by atoms with E-state index < -0.39 is 6.10 Å². The van der Waals surface area contributed by atoms with Crippen LogP contribution in [0, 0.1) is 11.8 Å². The molecule has 100 valence electrons. The van der Waals surface area contributed by atoms with Crippen molar-refractivity contribution in [1.29, 1.82) is 0 Å². The molecule has 0 aromatic heterocycles. The second-order valence-electron chi connectivity index (χ2n) is 5.31. The van der Waals surface area contributed by atoms with Gasteiger partial charge in [-0.2, -0.15) is 0 Å². The molecule has 2 aliphatic rings. The molecule has 1 aliphatic carbocycles. The van der Waals surface area contributed by atoms with E-state index in [1.165, 1.54) is 12.2 Å². The summed E-state index contributed by atoms with van der Waals surface area (Å²) in [6, 6.07) is 0. The van der Waals surface area contributed by atoms with Gasteiger partial charge < -0.3 is 9.84 Å². The average molecular weight is 252 g/mol. The lowest BCUT2D eigenvalue weighted by molar-refractivity contribution is -0.152. The maximum Gasteiger partial charge on any atom is 0.306 e. The van der Waals surface area contributed by atoms with E-state index in [9.17, 15) is 14.7 Å². The van der Waals surface area contributed by atoms with Crippen molar-refractivity contribution < 1.29 is 19.4 Å². The molecule has 2 rings (SSSR count). The van der Waals surface area contributed by atoms with Crippen LogP contribution in [0.4, 0.5) is 0 Å². The van der Waals surface area contributed by atoms with Crippen molar-refractivity contribution in [3.05, 3.63) is 12.2 Å². The topological polar surface area (TPSA) is 63.6 Å². The number of carbonyl (C=O) groups excluding carboxylic acids is 2. The van der Waals surface area contributed by atoms with Gasteiger partial charge >= 0.3 is 5.97 Å². The molecule has 0 saturated carbocycles. The molecular weight excluding hydrogens is 232 g/mol. The minimum absolute atomic E-state index is 0.0340. The number of ether oxygens (including phenoxy) is 1. The number of rotatable bonds is 0. The van der Waals surface area contributed by atoms with Gasteiger partial charge in [0.15, 0.2) is 5.78 Å². The Hall–Kier alpha value is -1.16. The summed E-state index contributed by atoms with van der Waals surface area (Å²) < 4.78 is 5.27. The zero-order chi connectivity index (χ0) is 13.1. The fraction of sp³-hybridized carbons (Fsp3) is 0.714. The lowest BCUT2D eigenvalue weighted by atomic mass is 9.75. The smallest absolute Gasteiger partial charge is 0.306 e. The van der Waals surface area contributed by atoms with Crippen LogP contribution in [-0.4, -0.2) is 29.1 Å². The first kappa shape index (κ1) is 13.3. The van der Waals surface area contributed by atoms with E-state index in [1.807, 2.05) is 6.92 Å². The van der Waals surface area contributed by atoms with E-state index in [0.717, 1.165) is 25.7 Å². The van der Waals surface area contributed by atoms with Gasteiger partial charge in [0, 0.05) is 11.8 Å². The summed E-state index contributed by atoms with van der Waals surface area (Å²) in [4.78, 5) is 23.6. The normalized spacial score (nSPS) is 37.9. The molecule has 4 atom stereocenters. The second kappa shape index (κ2) is 5.65. The van der Waals surface area contributed by atoms with Crippen LogP contribution < -0.4 is 0 Å². The van der Waals surface area contributed by atoms with Gasteiger partial charge in [0.2, 0.25) is 0 Å². The number of hydrogen-bond acceptors (Lipinski definition) is 4. The number of hydrogen-bond donors (Lipinski definition) is 1. The summed E-state index contributed by atoms with van der Waals surface area (Å²) in [6.07, 6.45) is 5.78. The summed E-state index contributed by atoms with van der Waals surface area (Å²) in [5.74, 6) is -0.820. The Morgan fingerprint density at radius 2 is 2.00 bits per heavy atom. The fourth-order valence-corrected chi connectivity index (χ4v) is 2.85. The zero-order valence-electron chi connectivity index (χ0n) is 10.7. The van der Waals surface area contributed by atoms with Crippen LogP contribution in [0.1, 0.15) is 39.0 Å². The number of carbonyl (C=O) groups is 2. The molecule has 0 aromatic rings. The Labute approximate surface area is 107 Å². The van der Waals surface area contributed by atoms with Crippen LogP contribution in [0.3, 0.4) is 0 Å². The van der Waals surface area contributed by atoms with Crippen molar-refractivity contribution in [2.24, 2.45) is 11.8 Å². The van der Waals surface area contributed by atoms with E-state index in [1.54, 1.807) is 0 Å². The Bertz CT molecular complexity index is 361.